The van der Waals surface area contributed by atoms with Crippen molar-refractivity contribution >= 4 is 15.7 Å². The Morgan fingerprint density at radius 2 is 1.88 bits per heavy atom. The summed E-state index contributed by atoms with van der Waals surface area (Å²) in [6.07, 6.45) is 1.08. The molecule has 16 heavy (non-hydrogen) atoms. The predicted molar refractivity (Wildman–Crippen MR) is 62.9 cm³/mol. The summed E-state index contributed by atoms with van der Waals surface area (Å²) in [5, 5.41) is 9.58. The van der Waals surface area contributed by atoms with Crippen molar-refractivity contribution in [1.82, 2.24) is 4.90 Å². The van der Waals surface area contributed by atoms with Gasteiger partial charge in [0, 0.05) is 25.8 Å². The smallest absolute Gasteiger partial charge is 0.223 e. The van der Waals surface area contributed by atoms with E-state index >= 15 is 0 Å². The van der Waals surface area contributed by atoms with E-state index in [-0.39, 0.29) is 24.6 Å². The van der Waals surface area contributed by atoms with Gasteiger partial charge in [0.2, 0.25) is 5.91 Å². The lowest BCUT2D eigenvalue weighted by Gasteiger charge is -2.28. The number of carbonyl (C=O) groups is 1. The first-order valence-electron chi connectivity index (χ1n) is 5.23. The van der Waals surface area contributed by atoms with Gasteiger partial charge in [-0.1, -0.05) is 0 Å². The lowest BCUT2D eigenvalue weighted by atomic mass is 10.1. The van der Waals surface area contributed by atoms with Crippen molar-refractivity contribution in [3.63, 3.8) is 0 Å². The van der Waals surface area contributed by atoms with Gasteiger partial charge in [0.15, 0.2) is 0 Å². The molecule has 1 N–H and O–H groups in total. The van der Waals surface area contributed by atoms with E-state index < -0.39 is 15.4 Å². The summed E-state index contributed by atoms with van der Waals surface area (Å²) in [5.41, 5.74) is -0.962. The molecule has 1 amide bonds. The Balaban J connectivity index is 4.33. The van der Waals surface area contributed by atoms with Gasteiger partial charge in [-0.15, -0.1) is 0 Å². The first-order chi connectivity index (χ1) is 7.05. The van der Waals surface area contributed by atoms with E-state index in [4.69, 9.17) is 0 Å². The van der Waals surface area contributed by atoms with Crippen molar-refractivity contribution < 1.29 is 18.3 Å². The lowest BCUT2D eigenvalue weighted by molar-refractivity contribution is -0.133. The molecule has 0 aliphatic carbocycles. The predicted octanol–water partition coefficient (Wildman–Crippen LogP) is 0.0405. The van der Waals surface area contributed by atoms with E-state index in [0.717, 1.165) is 6.26 Å². The first-order valence-corrected chi connectivity index (χ1v) is 7.29. The Labute approximate surface area is 97.4 Å². The van der Waals surface area contributed by atoms with Crippen molar-refractivity contribution in [2.75, 3.05) is 25.1 Å². The van der Waals surface area contributed by atoms with Crippen LogP contribution in [0, 0.1) is 0 Å². The third kappa shape index (κ3) is 7.64. The average molecular weight is 251 g/mol. The van der Waals surface area contributed by atoms with E-state index in [9.17, 15) is 18.3 Å². The SMILES string of the molecule is CCN(CC(C)(C)O)C(=O)CCS(C)(=O)=O. The second-order valence-corrected chi connectivity index (χ2v) is 6.86. The highest BCUT2D eigenvalue weighted by Crippen LogP contribution is 2.06. The second-order valence-electron chi connectivity index (χ2n) is 4.60. The Kier molecular flexibility index (Phi) is 5.41. The molecule has 0 saturated heterocycles. The van der Waals surface area contributed by atoms with Gasteiger partial charge in [-0.3, -0.25) is 4.79 Å². The number of rotatable bonds is 6. The lowest BCUT2D eigenvalue weighted by Crippen LogP contribution is -2.42. The van der Waals surface area contributed by atoms with Gasteiger partial charge in [0.05, 0.1) is 11.4 Å². The van der Waals surface area contributed by atoms with Crippen LogP contribution in [0.2, 0.25) is 0 Å². The molecule has 0 unspecified atom stereocenters. The van der Waals surface area contributed by atoms with Crippen LogP contribution < -0.4 is 0 Å². The number of hydrogen-bond acceptors (Lipinski definition) is 4. The van der Waals surface area contributed by atoms with E-state index in [1.54, 1.807) is 20.8 Å². The zero-order valence-corrected chi connectivity index (χ0v) is 11.2. The molecule has 0 aliphatic rings. The zero-order valence-electron chi connectivity index (χ0n) is 10.4. The average Bonchev–Trinajstić information content (AvgIpc) is 2.07. The maximum absolute atomic E-state index is 11.6. The number of likely N-dealkylation sites (N-methyl/N-ethyl adjacent to an activating group) is 1. The molecule has 0 atom stereocenters. The number of sulfone groups is 1. The van der Waals surface area contributed by atoms with Crippen LogP contribution in [0.4, 0.5) is 0 Å². The highest BCUT2D eigenvalue weighted by molar-refractivity contribution is 7.90. The molecule has 5 nitrogen and oxygen atoms in total. The zero-order chi connectivity index (χ0) is 13.0. The molecule has 0 fully saturated rings. The molecule has 0 aliphatic heterocycles. The molecule has 0 rings (SSSR count). The fourth-order valence-corrected chi connectivity index (χ4v) is 1.82. The fourth-order valence-electron chi connectivity index (χ4n) is 1.27. The summed E-state index contributed by atoms with van der Waals surface area (Å²) in [6, 6.07) is 0. The summed E-state index contributed by atoms with van der Waals surface area (Å²) in [6.45, 7) is 5.70. The fraction of sp³-hybridized carbons (Fsp3) is 0.900. The molecule has 0 bridgehead atoms. The maximum Gasteiger partial charge on any atom is 0.223 e. The van der Waals surface area contributed by atoms with Crippen LogP contribution >= 0.6 is 0 Å². The minimum Gasteiger partial charge on any atom is -0.389 e. The van der Waals surface area contributed by atoms with Crippen LogP contribution in [-0.4, -0.2) is 55.0 Å². The highest BCUT2D eigenvalue weighted by atomic mass is 32.2. The van der Waals surface area contributed by atoms with Crippen molar-refractivity contribution in [3.8, 4) is 0 Å². The van der Waals surface area contributed by atoms with Crippen molar-refractivity contribution in [1.29, 1.82) is 0 Å². The van der Waals surface area contributed by atoms with Crippen molar-refractivity contribution in [3.05, 3.63) is 0 Å². The molecule has 0 spiro atoms. The Bertz CT molecular complexity index is 329. The molecule has 0 aromatic rings. The Morgan fingerprint density at radius 1 is 1.38 bits per heavy atom. The Morgan fingerprint density at radius 3 is 2.19 bits per heavy atom. The van der Waals surface area contributed by atoms with Crippen LogP contribution in [0.15, 0.2) is 0 Å². The topological polar surface area (TPSA) is 74.7 Å². The molecule has 96 valence electrons. The quantitative estimate of drug-likeness (QED) is 0.723. The van der Waals surface area contributed by atoms with Gasteiger partial charge in [-0.05, 0) is 20.8 Å². The van der Waals surface area contributed by atoms with Crippen LogP contribution in [0.25, 0.3) is 0 Å². The van der Waals surface area contributed by atoms with Crippen molar-refractivity contribution in [2.45, 2.75) is 32.8 Å². The molecule has 0 heterocycles. The van der Waals surface area contributed by atoms with Gasteiger partial charge < -0.3 is 10.0 Å². The molecular formula is C10H21NO4S. The number of aliphatic hydroxyl groups is 1. The summed E-state index contributed by atoms with van der Waals surface area (Å²) < 4.78 is 21.8. The third-order valence-corrected chi connectivity index (χ3v) is 2.94. The number of hydrogen-bond donors (Lipinski definition) is 1. The third-order valence-electron chi connectivity index (χ3n) is 2.00. The van der Waals surface area contributed by atoms with Gasteiger partial charge >= 0.3 is 0 Å². The summed E-state index contributed by atoms with van der Waals surface area (Å²) >= 11 is 0. The molecule has 0 radical (unpaired) electrons. The van der Waals surface area contributed by atoms with E-state index in [1.807, 2.05) is 0 Å². The van der Waals surface area contributed by atoms with Crippen molar-refractivity contribution in [2.24, 2.45) is 0 Å². The summed E-state index contributed by atoms with van der Waals surface area (Å²) in [7, 11) is -3.11. The second kappa shape index (κ2) is 5.63. The first kappa shape index (κ1) is 15.4. The molecular weight excluding hydrogens is 230 g/mol. The van der Waals surface area contributed by atoms with Gasteiger partial charge in [0.1, 0.15) is 9.84 Å². The molecule has 0 aromatic carbocycles. The standard InChI is InChI=1S/C10H21NO4S/c1-5-11(8-10(2,3)13)9(12)6-7-16(4,14)15/h13H,5-8H2,1-4H3. The van der Waals surface area contributed by atoms with Gasteiger partial charge in [-0.25, -0.2) is 8.42 Å². The molecule has 0 aromatic heterocycles. The molecule has 6 heteroatoms. The van der Waals surface area contributed by atoms with Gasteiger partial charge in [-0.2, -0.15) is 0 Å². The maximum atomic E-state index is 11.6. The van der Waals surface area contributed by atoms with E-state index in [1.165, 1.54) is 4.90 Å². The summed E-state index contributed by atoms with van der Waals surface area (Å²) in [4.78, 5) is 13.1. The Hall–Kier alpha value is -0.620. The minimum absolute atomic E-state index is 0.0250. The van der Waals surface area contributed by atoms with Gasteiger partial charge in [0.25, 0.3) is 0 Å². The summed E-state index contributed by atoms with van der Waals surface area (Å²) in [5.74, 6) is -0.385. The van der Waals surface area contributed by atoms with Crippen LogP contribution in [0.5, 0.6) is 0 Å². The largest absolute Gasteiger partial charge is 0.389 e. The molecule has 0 saturated carbocycles. The number of amides is 1. The monoisotopic (exact) mass is 251 g/mol. The number of carbonyl (C=O) groups excluding carboxylic acids is 1. The van der Waals surface area contributed by atoms with E-state index in [0.29, 0.717) is 6.54 Å². The highest BCUT2D eigenvalue weighted by Gasteiger charge is 2.21. The van der Waals surface area contributed by atoms with E-state index in [2.05, 4.69) is 0 Å². The van der Waals surface area contributed by atoms with Crippen LogP contribution in [0.1, 0.15) is 27.2 Å². The minimum atomic E-state index is -3.11. The normalized spacial score (nSPS) is 12.6. The number of nitrogens with zero attached hydrogens (tertiary/aromatic N) is 1. The van der Waals surface area contributed by atoms with Crippen LogP contribution in [-0.2, 0) is 14.6 Å². The van der Waals surface area contributed by atoms with Crippen LogP contribution in [0.3, 0.4) is 0 Å².